The second kappa shape index (κ2) is 15.1. The molecular formula is C36H43N3O5. The van der Waals surface area contributed by atoms with E-state index in [0.29, 0.717) is 24.9 Å². The molecular weight excluding hydrogens is 554 g/mol. The first kappa shape index (κ1) is 31.4. The van der Waals surface area contributed by atoms with Crippen LogP contribution in [0, 0.1) is 5.92 Å². The molecule has 0 radical (unpaired) electrons. The van der Waals surface area contributed by atoms with E-state index in [2.05, 4.69) is 21.9 Å². The molecule has 1 amide bonds. The van der Waals surface area contributed by atoms with Gasteiger partial charge in [0.2, 0.25) is 0 Å². The Bertz CT molecular complexity index is 1390. The van der Waals surface area contributed by atoms with Gasteiger partial charge in [0.1, 0.15) is 6.10 Å². The zero-order valence-corrected chi connectivity index (χ0v) is 25.6. The smallest absolute Gasteiger partial charge is 0.310 e. The predicted octanol–water partition coefficient (Wildman–Crippen LogP) is 4.97. The van der Waals surface area contributed by atoms with Gasteiger partial charge in [0, 0.05) is 45.3 Å². The van der Waals surface area contributed by atoms with E-state index in [0.717, 1.165) is 74.4 Å². The molecule has 0 spiro atoms. The Kier molecular flexibility index (Phi) is 10.8. The maximum Gasteiger partial charge on any atom is 0.310 e. The molecule has 2 heterocycles. The van der Waals surface area contributed by atoms with Gasteiger partial charge < -0.3 is 19.6 Å². The van der Waals surface area contributed by atoms with Gasteiger partial charge in [-0.1, -0.05) is 66.7 Å². The average molecular weight is 598 g/mol. The molecule has 0 saturated carbocycles. The Morgan fingerprint density at radius 1 is 0.818 bits per heavy atom. The molecule has 0 bridgehead atoms. The van der Waals surface area contributed by atoms with Crippen molar-refractivity contribution in [1.82, 2.24) is 14.7 Å². The van der Waals surface area contributed by atoms with Gasteiger partial charge in [-0.2, -0.15) is 0 Å². The lowest BCUT2D eigenvalue weighted by Crippen LogP contribution is -2.42. The lowest BCUT2D eigenvalue weighted by Gasteiger charge is -2.32. The van der Waals surface area contributed by atoms with Crippen molar-refractivity contribution in [2.45, 2.75) is 44.8 Å². The Balaban J connectivity index is 1.01. The van der Waals surface area contributed by atoms with E-state index in [1.807, 2.05) is 73.8 Å². The van der Waals surface area contributed by atoms with Gasteiger partial charge in [-0.25, -0.2) is 0 Å². The molecule has 44 heavy (non-hydrogen) atoms. The van der Waals surface area contributed by atoms with Crippen molar-refractivity contribution >= 4 is 17.8 Å². The fourth-order valence-electron chi connectivity index (χ4n) is 6.17. The van der Waals surface area contributed by atoms with Gasteiger partial charge in [-0.15, -0.1) is 0 Å². The van der Waals surface area contributed by atoms with Gasteiger partial charge in [0.05, 0.1) is 12.3 Å². The van der Waals surface area contributed by atoms with Gasteiger partial charge in [-0.3, -0.25) is 19.3 Å². The van der Waals surface area contributed by atoms with Gasteiger partial charge in [0.25, 0.3) is 5.91 Å². The summed E-state index contributed by atoms with van der Waals surface area (Å²) >= 11 is 0. The maximum atomic E-state index is 13.0. The first-order valence-corrected chi connectivity index (χ1v) is 15.7. The number of hydrogen-bond acceptors (Lipinski definition) is 6. The number of likely N-dealkylation sites (tertiary alicyclic amines) is 2. The highest BCUT2D eigenvalue weighted by Gasteiger charge is 2.25. The van der Waals surface area contributed by atoms with Crippen LogP contribution in [0.1, 0.15) is 47.2 Å². The van der Waals surface area contributed by atoms with Crippen LogP contribution in [0.4, 0.5) is 0 Å². The third-order valence-corrected chi connectivity index (χ3v) is 8.91. The molecule has 232 valence electrons. The molecule has 2 saturated heterocycles. The van der Waals surface area contributed by atoms with Gasteiger partial charge in [-0.05, 0) is 73.2 Å². The molecule has 3 aromatic rings. The predicted molar refractivity (Wildman–Crippen MR) is 170 cm³/mol. The zero-order valence-electron chi connectivity index (χ0n) is 25.6. The summed E-state index contributed by atoms with van der Waals surface area (Å²) in [7, 11) is 1.84. The molecule has 0 atom stereocenters. The van der Waals surface area contributed by atoms with Crippen molar-refractivity contribution in [3.05, 3.63) is 95.6 Å². The van der Waals surface area contributed by atoms with Crippen LogP contribution in [0.3, 0.4) is 0 Å². The van der Waals surface area contributed by atoms with Crippen LogP contribution >= 0.6 is 0 Å². The average Bonchev–Trinajstić information content (AvgIpc) is 3.05. The summed E-state index contributed by atoms with van der Waals surface area (Å²) in [5.74, 6) is -1.12. The van der Waals surface area contributed by atoms with Crippen LogP contribution in [0.25, 0.3) is 11.1 Å². The number of benzene rings is 3. The van der Waals surface area contributed by atoms with Crippen molar-refractivity contribution in [2.24, 2.45) is 5.92 Å². The number of carbonyl (C=O) groups is 3. The molecule has 1 N–H and O–H groups in total. The van der Waals surface area contributed by atoms with E-state index in [1.54, 1.807) is 4.90 Å². The molecule has 5 rings (SSSR count). The van der Waals surface area contributed by atoms with Crippen molar-refractivity contribution in [3.8, 4) is 11.1 Å². The van der Waals surface area contributed by atoms with E-state index in [-0.39, 0.29) is 30.3 Å². The number of ether oxygens (including phenoxy) is 1. The van der Waals surface area contributed by atoms with E-state index >= 15 is 0 Å². The summed E-state index contributed by atoms with van der Waals surface area (Å²) in [5.41, 5.74) is 4.92. The van der Waals surface area contributed by atoms with Crippen molar-refractivity contribution < 1.29 is 24.2 Å². The summed E-state index contributed by atoms with van der Waals surface area (Å²) in [6.45, 7) is 5.39. The molecule has 2 fully saturated rings. The minimum atomic E-state index is -0.695. The summed E-state index contributed by atoms with van der Waals surface area (Å²) in [6.07, 6.45) is 3.13. The molecule has 0 aromatic heterocycles. The maximum absolute atomic E-state index is 13.0. The number of piperidine rings is 2. The molecule has 2 aliphatic rings. The largest absolute Gasteiger partial charge is 0.481 e. The lowest BCUT2D eigenvalue weighted by atomic mass is 9.97. The molecule has 0 aliphatic carbocycles. The topological polar surface area (TPSA) is 90.4 Å². The van der Waals surface area contributed by atoms with Crippen LogP contribution in [0.15, 0.2) is 78.9 Å². The Hall–Kier alpha value is -4.01. The van der Waals surface area contributed by atoms with Crippen LogP contribution in [0.5, 0.6) is 0 Å². The molecule has 8 heteroatoms. The summed E-state index contributed by atoms with van der Waals surface area (Å²) in [6, 6.07) is 25.9. The fraction of sp³-hybridized carbons (Fsp3) is 0.417. The monoisotopic (exact) mass is 597 g/mol. The second-order valence-corrected chi connectivity index (χ2v) is 12.0. The fourth-order valence-corrected chi connectivity index (χ4v) is 6.17. The van der Waals surface area contributed by atoms with Crippen LogP contribution in [-0.4, -0.2) is 90.1 Å². The second-order valence-electron chi connectivity index (χ2n) is 12.0. The Morgan fingerprint density at radius 2 is 1.45 bits per heavy atom. The number of carboxylic acid groups (broad SMARTS) is 1. The van der Waals surface area contributed by atoms with E-state index in [9.17, 15) is 19.5 Å². The van der Waals surface area contributed by atoms with Crippen molar-refractivity contribution in [1.29, 1.82) is 0 Å². The SMILES string of the molecule is CN(CCN1CCC(OC(=O)Cc2ccccc2-c2ccccc2)CC1)C(=O)c1ccc(CN2CCC(C(=O)O)CC2)cc1. The minimum Gasteiger partial charge on any atom is -0.481 e. The first-order chi connectivity index (χ1) is 21.4. The van der Waals surface area contributed by atoms with Crippen LogP contribution in [0.2, 0.25) is 0 Å². The number of nitrogens with zero attached hydrogens (tertiary/aromatic N) is 3. The molecule has 3 aromatic carbocycles. The number of esters is 1. The number of rotatable bonds is 11. The summed E-state index contributed by atoms with van der Waals surface area (Å²) in [4.78, 5) is 43.4. The summed E-state index contributed by atoms with van der Waals surface area (Å²) < 4.78 is 5.87. The van der Waals surface area contributed by atoms with Crippen molar-refractivity contribution in [2.75, 3.05) is 46.3 Å². The normalized spacial score (nSPS) is 16.8. The van der Waals surface area contributed by atoms with Crippen molar-refractivity contribution in [3.63, 3.8) is 0 Å². The Morgan fingerprint density at radius 3 is 2.14 bits per heavy atom. The van der Waals surface area contributed by atoms with Gasteiger partial charge >= 0.3 is 11.9 Å². The third kappa shape index (κ3) is 8.55. The van der Waals surface area contributed by atoms with E-state index in [1.165, 1.54) is 0 Å². The van der Waals surface area contributed by atoms with Crippen LogP contribution in [-0.2, 0) is 27.3 Å². The minimum absolute atomic E-state index is 0.00146. The van der Waals surface area contributed by atoms with E-state index < -0.39 is 5.97 Å². The highest BCUT2D eigenvalue weighted by Crippen LogP contribution is 2.25. The number of likely N-dealkylation sites (N-methyl/N-ethyl adjacent to an activating group) is 1. The number of hydrogen-bond donors (Lipinski definition) is 1. The quantitative estimate of drug-likeness (QED) is 0.312. The standard InChI is InChI=1S/C36H43N3O5/c1-37(35(41)29-13-11-27(12-14-29)26-39-19-15-30(16-20-39)36(42)43)23-24-38-21-17-32(18-22-38)44-34(40)25-31-9-5-6-10-33(31)28-7-3-2-4-8-28/h2-14,30,32H,15-26H2,1H3,(H,42,43). The molecule has 0 unspecified atom stereocenters. The molecule has 8 nitrogen and oxygen atoms in total. The Labute approximate surface area is 260 Å². The lowest BCUT2D eigenvalue weighted by molar-refractivity contribution is -0.150. The van der Waals surface area contributed by atoms with Crippen LogP contribution < -0.4 is 0 Å². The summed E-state index contributed by atoms with van der Waals surface area (Å²) in [5, 5.41) is 9.20. The highest BCUT2D eigenvalue weighted by molar-refractivity contribution is 5.94. The number of aliphatic carboxylic acids is 1. The number of carbonyl (C=O) groups excluding carboxylic acids is 2. The number of amides is 1. The third-order valence-electron chi connectivity index (χ3n) is 8.91. The first-order valence-electron chi connectivity index (χ1n) is 15.7. The highest BCUT2D eigenvalue weighted by atomic mass is 16.5. The molecule has 2 aliphatic heterocycles. The zero-order chi connectivity index (χ0) is 30.9. The number of carboxylic acids is 1. The van der Waals surface area contributed by atoms with E-state index in [4.69, 9.17) is 4.74 Å². The van der Waals surface area contributed by atoms with Gasteiger partial charge in [0.15, 0.2) is 0 Å².